The molecule has 0 saturated heterocycles. The molecule has 0 atom stereocenters. The molecule has 6 heteroatoms. The molecule has 2 aromatic carbocycles. The third kappa shape index (κ3) is 2.12. The van der Waals surface area contributed by atoms with Gasteiger partial charge in [0.05, 0.1) is 16.6 Å². The van der Waals surface area contributed by atoms with Gasteiger partial charge in [0.2, 0.25) is 0 Å². The van der Waals surface area contributed by atoms with E-state index in [0.29, 0.717) is 21.9 Å². The summed E-state index contributed by atoms with van der Waals surface area (Å²) in [6.45, 7) is 0. The summed E-state index contributed by atoms with van der Waals surface area (Å²) in [7, 11) is 0. The van der Waals surface area contributed by atoms with Crippen molar-refractivity contribution in [2.24, 2.45) is 0 Å². The molecule has 2 N–H and O–H groups in total. The standard InChI is InChI=1S/C14H8ClFN2O2/c15-8-3-1-7(2-4-8)13-17-11-5-9(14(19)20)10(16)6-12(11)18-13/h1-6H,(H,17,18)(H,19,20). The summed E-state index contributed by atoms with van der Waals surface area (Å²) >= 11 is 5.81. The number of aromatic amines is 1. The number of hydrogen-bond acceptors (Lipinski definition) is 2. The van der Waals surface area contributed by atoms with E-state index in [2.05, 4.69) is 9.97 Å². The highest BCUT2D eigenvalue weighted by Crippen LogP contribution is 2.24. The van der Waals surface area contributed by atoms with Crippen LogP contribution < -0.4 is 0 Å². The summed E-state index contributed by atoms with van der Waals surface area (Å²) < 4.78 is 13.6. The smallest absolute Gasteiger partial charge is 0.338 e. The number of carboxylic acid groups (broad SMARTS) is 1. The van der Waals surface area contributed by atoms with Crippen LogP contribution in [0.5, 0.6) is 0 Å². The SMILES string of the molecule is O=C(O)c1cc2nc(-c3ccc(Cl)cc3)[nH]c2cc1F. The second kappa shape index (κ2) is 4.61. The fourth-order valence-electron chi connectivity index (χ4n) is 1.94. The molecular formula is C14H8ClFN2O2. The Morgan fingerprint density at radius 1 is 1.25 bits per heavy atom. The van der Waals surface area contributed by atoms with Crippen molar-refractivity contribution in [3.8, 4) is 11.4 Å². The number of fused-ring (bicyclic) bond motifs is 1. The lowest BCUT2D eigenvalue weighted by Crippen LogP contribution is -1.99. The Labute approximate surface area is 117 Å². The Bertz CT molecular complexity index is 812. The quantitative estimate of drug-likeness (QED) is 0.756. The summed E-state index contributed by atoms with van der Waals surface area (Å²) in [4.78, 5) is 18.1. The van der Waals surface area contributed by atoms with E-state index >= 15 is 0 Å². The second-order valence-electron chi connectivity index (χ2n) is 4.25. The van der Waals surface area contributed by atoms with Crippen molar-refractivity contribution in [2.75, 3.05) is 0 Å². The van der Waals surface area contributed by atoms with Crippen molar-refractivity contribution in [3.05, 3.63) is 52.8 Å². The molecule has 0 bridgehead atoms. The van der Waals surface area contributed by atoms with Crippen molar-refractivity contribution in [1.29, 1.82) is 0 Å². The highest BCUT2D eigenvalue weighted by Gasteiger charge is 2.14. The zero-order chi connectivity index (χ0) is 14.3. The first-order chi connectivity index (χ1) is 9.54. The van der Waals surface area contributed by atoms with E-state index in [-0.39, 0.29) is 0 Å². The van der Waals surface area contributed by atoms with Crippen LogP contribution in [0.25, 0.3) is 22.4 Å². The highest BCUT2D eigenvalue weighted by molar-refractivity contribution is 6.30. The topological polar surface area (TPSA) is 66.0 Å². The number of imidazole rings is 1. The maximum atomic E-state index is 13.6. The minimum absolute atomic E-state index is 0.397. The Morgan fingerprint density at radius 3 is 2.60 bits per heavy atom. The van der Waals surface area contributed by atoms with E-state index in [1.165, 1.54) is 6.07 Å². The van der Waals surface area contributed by atoms with E-state index in [1.54, 1.807) is 24.3 Å². The van der Waals surface area contributed by atoms with Crippen molar-refractivity contribution >= 4 is 28.6 Å². The number of carbonyl (C=O) groups is 1. The first-order valence-electron chi connectivity index (χ1n) is 5.73. The maximum absolute atomic E-state index is 13.6. The average Bonchev–Trinajstić information content (AvgIpc) is 2.81. The lowest BCUT2D eigenvalue weighted by molar-refractivity contribution is 0.0692. The van der Waals surface area contributed by atoms with E-state index in [4.69, 9.17) is 16.7 Å². The van der Waals surface area contributed by atoms with Crippen LogP contribution in [0.3, 0.4) is 0 Å². The number of aromatic carboxylic acids is 1. The van der Waals surface area contributed by atoms with Gasteiger partial charge in [0.25, 0.3) is 0 Å². The Morgan fingerprint density at radius 2 is 1.95 bits per heavy atom. The third-order valence-electron chi connectivity index (χ3n) is 2.92. The van der Waals surface area contributed by atoms with Crippen LogP contribution in [0.2, 0.25) is 5.02 Å². The number of rotatable bonds is 2. The zero-order valence-electron chi connectivity index (χ0n) is 10.0. The molecule has 0 fully saturated rings. The Hall–Kier alpha value is -2.40. The van der Waals surface area contributed by atoms with Gasteiger partial charge in [-0.05, 0) is 30.3 Å². The first kappa shape index (κ1) is 12.6. The molecule has 0 aliphatic heterocycles. The van der Waals surface area contributed by atoms with Crippen LogP contribution >= 0.6 is 11.6 Å². The molecule has 100 valence electrons. The predicted molar refractivity (Wildman–Crippen MR) is 73.5 cm³/mol. The van der Waals surface area contributed by atoms with Gasteiger partial charge in [-0.1, -0.05) is 11.6 Å². The highest BCUT2D eigenvalue weighted by atomic mass is 35.5. The van der Waals surface area contributed by atoms with Gasteiger partial charge in [0, 0.05) is 16.7 Å². The molecule has 0 saturated carbocycles. The fourth-order valence-corrected chi connectivity index (χ4v) is 2.06. The van der Waals surface area contributed by atoms with Gasteiger partial charge in [0.1, 0.15) is 11.6 Å². The van der Waals surface area contributed by atoms with Crippen LogP contribution in [0, 0.1) is 5.82 Å². The lowest BCUT2D eigenvalue weighted by atomic mass is 10.2. The van der Waals surface area contributed by atoms with Crippen molar-refractivity contribution in [2.45, 2.75) is 0 Å². The molecule has 0 spiro atoms. The number of benzene rings is 2. The van der Waals surface area contributed by atoms with Gasteiger partial charge < -0.3 is 10.1 Å². The molecule has 3 aromatic rings. The molecule has 0 aliphatic carbocycles. The molecule has 1 heterocycles. The van der Waals surface area contributed by atoms with Crippen LogP contribution in [-0.4, -0.2) is 21.0 Å². The minimum Gasteiger partial charge on any atom is -0.478 e. The number of nitrogens with zero attached hydrogens (tertiary/aromatic N) is 1. The largest absolute Gasteiger partial charge is 0.478 e. The molecule has 3 rings (SSSR count). The van der Waals surface area contributed by atoms with E-state index in [0.717, 1.165) is 11.6 Å². The van der Waals surface area contributed by atoms with E-state index in [9.17, 15) is 9.18 Å². The molecule has 0 unspecified atom stereocenters. The number of halogens is 2. The van der Waals surface area contributed by atoms with Gasteiger partial charge in [0.15, 0.2) is 0 Å². The lowest BCUT2D eigenvalue weighted by Gasteiger charge is -1.96. The van der Waals surface area contributed by atoms with Gasteiger partial charge in [-0.25, -0.2) is 14.2 Å². The molecule has 20 heavy (non-hydrogen) atoms. The fraction of sp³-hybridized carbons (Fsp3) is 0. The third-order valence-corrected chi connectivity index (χ3v) is 3.17. The Balaban J connectivity index is 2.15. The molecule has 0 amide bonds. The van der Waals surface area contributed by atoms with Crippen LogP contribution in [0.15, 0.2) is 36.4 Å². The summed E-state index contributed by atoms with van der Waals surface area (Å²) in [5.74, 6) is -1.59. The number of carboxylic acids is 1. The maximum Gasteiger partial charge on any atom is 0.338 e. The van der Waals surface area contributed by atoms with Gasteiger partial charge >= 0.3 is 5.97 Å². The monoisotopic (exact) mass is 290 g/mol. The molecular weight excluding hydrogens is 283 g/mol. The molecule has 4 nitrogen and oxygen atoms in total. The Kier molecular flexibility index (Phi) is 2.91. The number of nitrogens with one attached hydrogen (secondary N) is 1. The van der Waals surface area contributed by atoms with Gasteiger partial charge in [-0.2, -0.15) is 0 Å². The summed E-state index contributed by atoms with van der Waals surface area (Å²) in [5, 5.41) is 9.49. The van der Waals surface area contributed by atoms with E-state index < -0.39 is 17.3 Å². The number of H-pyrrole nitrogens is 1. The number of aromatic nitrogens is 2. The summed E-state index contributed by atoms with van der Waals surface area (Å²) in [5.41, 5.74) is 1.22. The average molecular weight is 291 g/mol. The number of hydrogen-bond donors (Lipinski definition) is 2. The van der Waals surface area contributed by atoms with Crippen LogP contribution in [0.1, 0.15) is 10.4 Å². The van der Waals surface area contributed by atoms with Crippen LogP contribution in [0.4, 0.5) is 4.39 Å². The molecule has 0 radical (unpaired) electrons. The van der Waals surface area contributed by atoms with Crippen LogP contribution in [-0.2, 0) is 0 Å². The minimum atomic E-state index is -1.32. The van der Waals surface area contributed by atoms with Crippen molar-refractivity contribution in [1.82, 2.24) is 9.97 Å². The van der Waals surface area contributed by atoms with Gasteiger partial charge in [-0.3, -0.25) is 0 Å². The molecule has 1 aromatic heterocycles. The zero-order valence-corrected chi connectivity index (χ0v) is 10.8. The summed E-state index contributed by atoms with van der Waals surface area (Å²) in [6.07, 6.45) is 0. The molecule has 0 aliphatic rings. The first-order valence-corrected chi connectivity index (χ1v) is 6.11. The van der Waals surface area contributed by atoms with Crippen molar-refractivity contribution in [3.63, 3.8) is 0 Å². The van der Waals surface area contributed by atoms with Gasteiger partial charge in [-0.15, -0.1) is 0 Å². The van der Waals surface area contributed by atoms with Crippen molar-refractivity contribution < 1.29 is 14.3 Å². The second-order valence-corrected chi connectivity index (χ2v) is 4.68. The predicted octanol–water partition coefficient (Wildman–Crippen LogP) is 3.72. The normalized spacial score (nSPS) is 10.9. The van der Waals surface area contributed by atoms with E-state index in [1.807, 2.05) is 0 Å². The summed E-state index contributed by atoms with van der Waals surface area (Å²) in [6, 6.07) is 9.32.